The molecule has 0 radical (unpaired) electrons. The molecular weight excluding hydrogens is 339 g/mol. The number of amides is 2. The molecule has 6 heteroatoms. The van der Waals surface area contributed by atoms with E-state index in [1.165, 1.54) is 6.07 Å². The number of benzene rings is 1. The van der Waals surface area contributed by atoms with Gasteiger partial charge in [-0.15, -0.1) is 0 Å². The molecule has 0 aromatic heterocycles. The number of hydrogen-bond acceptors (Lipinski definition) is 2. The number of nitrogens with two attached hydrogens (primary N) is 1. The van der Waals surface area contributed by atoms with Crippen LogP contribution in [0.15, 0.2) is 22.7 Å². The van der Waals surface area contributed by atoms with Crippen molar-refractivity contribution in [2.24, 2.45) is 11.1 Å². The molecule has 0 saturated carbocycles. The lowest BCUT2D eigenvalue weighted by Crippen LogP contribution is -2.46. The van der Waals surface area contributed by atoms with Crippen molar-refractivity contribution in [2.45, 2.75) is 39.7 Å². The first-order valence-corrected chi connectivity index (χ1v) is 7.40. The summed E-state index contributed by atoms with van der Waals surface area (Å²) in [4.78, 5) is 23.3. The third-order valence-electron chi connectivity index (χ3n) is 2.81. The molecule has 21 heavy (non-hydrogen) atoms. The van der Waals surface area contributed by atoms with Gasteiger partial charge in [-0.3, -0.25) is 9.59 Å². The van der Waals surface area contributed by atoms with E-state index in [0.717, 1.165) is 0 Å². The molecule has 116 valence electrons. The minimum Gasteiger partial charge on any atom is -0.368 e. The van der Waals surface area contributed by atoms with Crippen LogP contribution in [0.2, 0.25) is 0 Å². The van der Waals surface area contributed by atoms with E-state index < -0.39 is 17.8 Å². The first-order valence-electron chi connectivity index (χ1n) is 6.61. The van der Waals surface area contributed by atoms with E-state index >= 15 is 0 Å². The molecule has 2 amide bonds. The average Bonchev–Trinajstić information content (AvgIpc) is 2.28. The summed E-state index contributed by atoms with van der Waals surface area (Å²) in [6.07, 6.45) is 0.296. The van der Waals surface area contributed by atoms with Gasteiger partial charge in [-0.1, -0.05) is 42.8 Å². The molecule has 0 saturated heterocycles. The molecule has 0 fully saturated rings. The Morgan fingerprint density at radius 3 is 2.48 bits per heavy atom. The Kier molecular flexibility index (Phi) is 5.89. The van der Waals surface area contributed by atoms with Gasteiger partial charge in [0.25, 0.3) is 0 Å². The van der Waals surface area contributed by atoms with Crippen LogP contribution in [-0.2, 0) is 16.0 Å². The van der Waals surface area contributed by atoms with Crippen molar-refractivity contribution < 1.29 is 14.0 Å². The van der Waals surface area contributed by atoms with E-state index in [1.807, 2.05) is 20.8 Å². The second-order valence-corrected chi connectivity index (χ2v) is 7.12. The Hall–Kier alpha value is -1.43. The zero-order chi connectivity index (χ0) is 16.2. The predicted octanol–water partition coefficient (Wildman–Crippen LogP) is 2.54. The SMILES string of the molecule is CC(C)(C)CC(=O)N[C@@H](Cc1ccc(Br)cc1F)C(N)=O. The summed E-state index contributed by atoms with van der Waals surface area (Å²) in [7, 11) is 0. The number of carbonyl (C=O) groups excluding carboxylic acids is 2. The molecule has 1 rings (SSSR count). The van der Waals surface area contributed by atoms with Gasteiger partial charge < -0.3 is 11.1 Å². The van der Waals surface area contributed by atoms with Crippen molar-refractivity contribution in [1.82, 2.24) is 5.32 Å². The predicted molar refractivity (Wildman–Crippen MR) is 83.0 cm³/mol. The van der Waals surface area contributed by atoms with Crippen molar-refractivity contribution in [3.05, 3.63) is 34.1 Å². The van der Waals surface area contributed by atoms with Crippen molar-refractivity contribution in [3.8, 4) is 0 Å². The molecule has 4 nitrogen and oxygen atoms in total. The van der Waals surface area contributed by atoms with Gasteiger partial charge in [0.2, 0.25) is 11.8 Å². The number of primary amides is 1. The van der Waals surface area contributed by atoms with Crippen LogP contribution in [0.4, 0.5) is 4.39 Å². The van der Waals surface area contributed by atoms with Crippen molar-refractivity contribution in [1.29, 1.82) is 0 Å². The highest BCUT2D eigenvalue weighted by Crippen LogP contribution is 2.19. The van der Waals surface area contributed by atoms with Crippen LogP contribution in [0, 0.1) is 11.2 Å². The van der Waals surface area contributed by atoms with Gasteiger partial charge in [-0.2, -0.15) is 0 Å². The molecule has 0 spiro atoms. The molecule has 0 aliphatic carbocycles. The van der Waals surface area contributed by atoms with E-state index in [1.54, 1.807) is 12.1 Å². The fraction of sp³-hybridized carbons (Fsp3) is 0.467. The topological polar surface area (TPSA) is 72.2 Å². The van der Waals surface area contributed by atoms with Crippen LogP contribution in [0.5, 0.6) is 0 Å². The van der Waals surface area contributed by atoms with Gasteiger partial charge in [0.15, 0.2) is 0 Å². The molecule has 1 aromatic carbocycles. The normalized spacial score (nSPS) is 12.8. The van der Waals surface area contributed by atoms with Crippen LogP contribution in [0.1, 0.15) is 32.8 Å². The van der Waals surface area contributed by atoms with Gasteiger partial charge in [-0.25, -0.2) is 4.39 Å². The summed E-state index contributed by atoms with van der Waals surface area (Å²) in [5, 5.41) is 2.57. The molecule has 1 aromatic rings. The maximum Gasteiger partial charge on any atom is 0.240 e. The quantitative estimate of drug-likeness (QED) is 0.848. The summed E-state index contributed by atoms with van der Waals surface area (Å²) < 4.78 is 14.4. The first kappa shape index (κ1) is 17.6. The molecule has 0 unspecified atom stereocenters. The molecule has 3 N–H and O–H groups in total. The van der Waals surface area contributed by atoms with Crippen molar-refractivity contribution in [3.63, 3.8) is 0 Å². The minimum absolute atomic E-state index is 0.0321. The van der Waals surface area contributed by atoms with Crippen LogP contribution < -0.4 is 11.1 Å². The van der Waals surface area contributed by atoms with E-state index in [9.17, 15) is 14.0 Å². The maximum absolute atomic E-state index is 13.8. The number of carbonyl (C=O) groups is 2. The number of hydrogen-bond donors (Lipinski definition) is 2. The monoisotopic (exact) mass is 358 g/mol. The molecule has 0 aliphatic heterocycles. The third-order valence-corrected chi connectivity index (χ3v) is 3.30. The molecule has 0 bridgehead atoms. The first-order chi connectivity index (χ1) is 9.58. The summed E-state index contributed by atoms with van der Waals surface area (Å²) in [5.74, 6) is -1.40. The lowest BCUT2D eigenvalue weighted by atomic mass is 9.91. The number of nitrogens with one attached hydrogen (secondary N) is 1. The average molecular weight is 359 g/mol. The summed E-state index contributed by atoms with van der Waals surface area (Å²) >= 11 is 3.16. The maximum atomic E-state index is 13.8. The highest BCUT2D eigenvalue weighted by Gasteiger charge is 2.23. The standard InChI is InChI=1S/C15H20BrFN2O2/c1-15(2,3)8-13(20)19-12(14(18)21)6-9-4-5-10(16)7-11(9)17/h4-5,7,12H,6,8H2,1-3H3,(H2,18,21)(H,19,20)/t12-/m0/s1. The minimum atomic E-state index is -0.921. The van der Waals surface area contributed by atoms with Crippen LogP contribution in [-0.4, -0.2) is 17.9 Å². The van der Waals surface area contributed by atoms with Gasteiger partial charge in [0, 0.05) is 17.3 Å². The van der Waals surface area contributed by atoms with Crippen molar-refractivity contribution in [2.75, 3.05) is 0 Å². The number of rotatable bonds is 5. The fourth-order valence-corrected chi connectivity index (χ4v) is 2.19. The van der Waals surface area contributed by atoms with Gasteiger partial charge in [0.1, 0.15) is 11.9 Å². The Labute approximate surface area is 132 Å². The van der Waals surface area contributed by atoms with Gasteiger partial charge in [0.05, 0.1) is 0 Å². The van der Waals surface area contributed by atoms with E-state index in [4.69, 9.17) is 5.73 Å². The Bertz CT molecular complexity index is 541. The Balaban J connectivity index is 2.79. The van der Waals surface area contributed by atoms with Crippen LogP contribution in [0.25, 0.3) is 0 Å². The van der Waals surface area contributed by atoms with Gasteiger partial charge in [-0.05, 0) is 23.1 Å². The third kappa shape index (κ3) is 6.25. The van der Waals surface area contributed by atoms with Crippen molar-refractivity contribution >= 4 is 27.7 Å². The summed E-state index contributed by atoms with van der Waals surface area (Å²) in [6, 6.07) is 3.62. The largest absolute Gasteiger partial charge is 0.368 e. The van der Waals surface area contributed by atoms with Gasteiger partial charge >= 0.3 is 0 Å². The molecular formula is C15H20BrFN2O2. The molecule has 0 heterocycles. The highest BCUT2D eigenvalue weighted by molar-refractivity contribution is 9.10. The van der Waals surface area contributed by atoms with Crippen LogP contribution >= 0.6 is 15.9 Å². The lowest BCUT2D eigenvalue weighted by molar-refractivity contribution is -0.128. The highest BCUT2D eigenvalue weighted by atomic mass is 79.9. The Morgan fingerprint density at radius 1 is 1.38 bits per heavy atom. The second-order valence-electron chi connectivity index (χ2n) is 6.20. The number of halogens is 2. The summed E-state index contributed by atoms with van der Waals surface area (Å²) in [6.45, 7) is 5.75. The Morgan fingerprint density at radius 2 is 2.00 bits per heavy atom. The second kappa shape index (κ2) is 7.02. The smallest absolute Gasteiger partial charge is 0.240 e. The summed E-state index contributed by atoms with van der Waals surface area (Å²) in [5.41, 5.74) is 5.42. The zero-order valence-electron chi connectivity index (χ0n) is 12.4. The fourth-order valence-electron chi connectivity index (χ4n) is 1.86. The van der Waals surface area contributed by atoms with E-state index in [-0.39, 0.29) is 24.2 Å². The van der Waals surface area contributed by atoms with E-state index in [2.05, 4.69) is 21.2 Å². The zero-order valence-corrected chi connectivity index (χ0v) is 14.0. The van der Waals surface area contributed by atoms with E-state index in [0.29, 0.717) is 10.0 Å². The molecule has 0 aliphatic rings. The molecule has 1 atom stereocenters. The lowest BCUT2D eigenvalue weighted by Gasteiger charge is -2.21. The van der Waals surface area contributed by atoms with Crippen LogP contribution in [0.3, 0.4) is 0 Å².